The molecular formula is C19H16N2O5. The second kappa shape index (κ2) is 7.60. The zero-order valence-corrected chi connectivity index (χ0v) is 14.3. The number of carbonyl (C=O) groups excluding carboxylic acids is 2. The molecule has 7 heteroatoms. The maximum atomic E-state index is 12.1. The minimum atomic E-state index is -0.474. The molecule has 0 amide bonds. The second-order valence-electron chi connectivity index (χ2n) is 5.49. The average Bonchev–Trinajstić information content (AvgIpc) is 3.05. The Morgan fingerprint density at radius 3 is 2.12 bits per heavy atom. The molecule has 7 nitrogen and oxygen atoms in total. The van der Waals surface area contributed by atoms with Crippen LogP contribution in [0.1, 0.15) is 29.1 Å². The van der Waals surface area contributed by atoms with Crippen LogP contribution in [0.5, 0.6) is 5.75 Å². The van der Waals surface area contributed by atoms with Gasteiger partial charge in [0.2, 0.25) is 5.89 Å². The third kappa shape index (κ3) is 4.32. The predicted molar refractivity (Wildman–Crippen MR) is 91.3 cm³/mol. The summed E-state index contributed by atoms with van der Waals surface area (Å²) < 4.78 is 15.3. The highest BCUT2D eigenvalue weighted by atomic mass is 16.5. The van der Waals surface area contributed by atoms with Crippen LogP contribution in [0.15, 0.2) is 52.9 Å². The molecule has 0 N–H and O–H groups in total. The van der Waals surface area contributed by atoms with Gasteiger partial charge in [-0.3, -0.25) is 4.79 Å². The van der Waals surface area contributed by atoms with E-state index in [0.29, 0.717) is 17.2 Å². The Balaban J connectivity index is 1.63. The fourth-order valence-corrected chi connectivity index (χ4v) is 2.29. The summed E-state index contributed by atoms with van der Waals surface area (Å²) in [7, 11) is 0. The van der Waals surface area contributed by atoms with Gasteiger partial charge in [0.25, 0.3) is 5.89 Å². The van der Waals surface area contributed by atoms with Gasteiger partial charge in [0.05, 0.1) is 5.56 Å². The van der Waals surface area contributed by atoms with Gasteiger partial charge in [0, 0.05) is 13.8 Å². The minimum Gasteiger partial charge on any atom is -0.452 e. The van der Waals surface area contributed by atoms with Crippen molar-refractivity contribution >= 4 is 11.9 Å². The van der Waals surface area contributed by atoms with Crippen LogP contribution in [0.4, 0.5) is 0 Å². The van der Waals surface area contributed by atoms with Crippen LogP contribution in [0.3, 0.4) is 0 Å². The first-order valence-corrected chi connectivity index (χ1v) is 7.86. The molecule has 1 heterocycles. The normalized spacial score (nSPS) is 10.4. The largest absolute Gasteiger partial charge is 0.452 e. The van der Waals surface area contributed by atoms with Crippen molar-refractivity contribution in [3.05, 3.63) is 65.9 Å². The van der Waals surface area contributed by atoms with Gasteiger partial charge in [-0.05, 0) is 35.4 Å². The van der Waals surface area contributed by atoms with E-state index in [0.717, 1.165) is 11.1 Å². The third-order valence-corrected chi connectivity index (χ3v) is 3.46. The van der Waals surface area contributed by atoms with Crippen molar-refractivity contribution in [1.29, 1.82) is 0 Å². The molecule has 0 fully saturated rings. The Hall–Kier alpha value is -3.48. The molecule has 0 aliphatic heterocycles. The van der Waals surface area contributed by atoms with Gasteiger partial charge < -0.3 is 13.9 Å². The van der Waals surface area contributed by atoms with Gasteiger partial charge in [-0.1, -0.05) is 24.3 Å². The summed E-state index contributed by atoms with van der Waals surface area (Å²) in [6, 6.07) is 14.1. The number of aryl methyl sites for hydroxylation is 1. The highest BCUT2D eigenvalue weighted by molar-refractivity contribution is 5.90. The molecule has 0 unspecified atom stereocenters. The monoisotopic (exact) mass is 352 g/mol. The van der Waals surface area contributed by atoms with Crippen LogP contribution in [0.2, 0.25) is 0 Å². The van der Waals surface area contributed by atoms with Crippen LogP contribution in [0, 0.1) is 6.92 Å². The van der Waals surface area contributed by atoms with Crippen molar-refractivity contribution in [2.45, 2.75) is 20.5 Å². The molecule has 0 spiro atoms. The van der Waals surface area contributed by atoms with Gasteiger partial charge in [0.15, 0.2) is 6.61 Å². The fourth-order valence-electron chi connectivity index (χ4n) is 2.29. The van der Waals surface area contributed by atoms with Crippen molar-refractivity contribution in [3.8, 4) is 16.9 Å². The lowest BCUT2D eigenvalue weighted by Gasteiger charge is -2.06. The number of benzene rings is 2. The van der Waals surface area contributed by atoms with E-state index in [4.69, 9.17) is 13.9 Å². The third-order valence-electron chi connectivity index (χ3n) is 3.46. The maximum Gasteiger partial charge on any atom is 0.338 e. The molecule has 0 aliphatic carbocycles. The zero-order valence-electron chi connectivity index (χ0n) is 14.3. The van der Waals surface area contributed by atoms with E-state index >= 15 is 0 Å². The van der Waals surface area contributed by atoms with Crippen LogP contribution < -0.4 is 4.74 Å². The molecule has 0 bridgehead atoms. The van der Waals surface area contributed by atoms with Crippen molar-refractivity contribution in [2.24, 2.45) is 0 Å². The molecule has 3 rings (SSSR count). The lowest BCUT2D eigenvalue weighted by molar-refractivity contribution is -0.131. The molecule has 132 valence electrons. The van der Waals surface area contributed by atoms with Crippen molar-refractivity contribution in [1.82, 2.24) is 10.2 Å². The molecular weight excluding hydrogens is 336 g/mol. The summed E-state index contributed by atoms with van der Waals surface area (Å²) in [5, 5.41) is 7.43. The quantitative estimate of drug-likeness (QED) is 0.514. The number of hydrogen-bond acceptors (Lipinski definition) is 7. The van der Waals surface area contributed by atoms with Gasteiger partial charge in [-0.15, -0.1) is 10.2 Å². The highest BCUT2D eigenvalue weighted by Gasteiger charge is 2.10. The van der Waals surface area contributed by atoms with E-state index in [1.54, 1.807) is 31.2 Å². The SMILES string of the molecule is CC(=O)Oc1ccc(-c2ccc(C(=O)OCc3nnc(C)o3)cc2)cc1. The van der Waals surface area contributed by atoms with Crippen LogP contribution in [-0.4, -0.2) is 22.1 Å². The van der Waals surface area contributed by atoms with E-state index < -0.39 is 5.97 Å². The number of esters is 2. The summed E-state index contributed by atoms with van der Waals surface area (Å²) >= 11 is 0. The Kier molecular flexibility index (Phi) is 5.07. The van der Waals surface area contributed by atoms with Crippen LogP contribution in [-0.2, 0) is 16.1 Å². The first-order chi connectivity index (χ1) is 12.5. The Morgan fingerprint density at radius 1 is 0.962 bits per heavy atom. The van der Waals surface area contributed by atoms with Gasteiger partial charge in [-0.25, -0.2) is 4.79 Å². The second-order valence-corrected chi connectivity index (χ2v) is 5.49. The lowest BCUT2D eigenvalue weighted by Crippen LogP contribution is -2.05. The van der Waals surface area contributed by atoms with Crippen LogP contribution >= 0.6 is 0 Å². The number of nitrogens with zero attached hydrogens (tertiary/aromatic N) is 2. The topological polar surface area (TPSA) is 91.5 Å². The van der Waals surface area contributed by atoms with Gasteiger partial charge in [-0.2, -0.15) is 0 Å². The molecule has 0 radical (unpaired) electrons. The number of rotatable bonds is 5. The molecule has 2 aromatic carbocycles. The summed E-state index contributed by atoms with van der Waals surface area (Å²) in [6.07, 6.45) is 0. The molecule has 0 saturated heterocycles. The summed E-state index contributed by atoms with van der Waals surface area (Å²) in [4.78, 5) is 23.0. The number of hydrogen-bond donors (Lipinski definition) is 0. The van der Waals surface area contributed by atoms with E-state index in [2.05, 4.69) is 10.2 Å². The Morgan fingerprint density at radius 2 is 1.58 bits per heavy atom. The number of carbonyl (C=O) groups is 2. The first-order valence-electron chi connectivity index (χ1n) is 7.86. The maximum absolute atomic E-state index is 12.1. The van der Waals surface area contributed by atoms with Crippen molar-refractivity contribution in [3.63, 3.8) is 0 Å². The van der Waals surface area contributed by atoms with E-state index in [1.807, 2.05) is 24.3 Å². The molecule has 26 heavy (non-hydrogen) atoms. The smallest absolute Gasteiger partial charge is 0.338 e. The van der Waals surface area contributed by atoms with Crippen LogP contribution in [0.25, 0.3) is 11.1 Å². The molecule has 0 atom stereocenters. The minimum absolute atomic E-state index is 0.0704. The molecule has 3 aromatic rings. The number of aromatic nitrogens is 2. The fraction of sp³-hybridized carbons (Fsp3) is 0.158. The standard InChI is InChI=1S/C19H16N2O5/c1-12-20-21-18(25-12)11-24-19(23)16-5-3-14(4-6-16)15-7-9-17(10-8-15)26-13(2)22/h3-10H,11H2,1-2H3. The predicted octanol–water partition coefficient (Wildman–Crippen LogP) is 3.33. The zero-order chi connectivity index (χ0) is 18.5. The van der Waals surface area contributed by atoms with E-state index in [-0.39, 0.29) is 18.5 Å². The van der Waals surface area contributed by atoms with Gasteiger partial charge >= 0.3 is 11.9 Å². The Labute approximate surface area is 149 Å². The molecule has 0 aliphatic rings. The highest BCUT2D eigenvalue weighted by Crippen LogP contribution is 2.23. The number of ether oxygens (including phenoxy) is 2. The van der Waals surface area contributed by atoms with Crippen molar-refractivity contribution in [2.75, 3.05) is 0 Å². The average molecular weight is 352 g/mol. The summed E-state index contributed by atoms with van der Waals surface area (Å²) in [5.74, 6) is 0.312. The van der Waals surface area contributed by atoms with Crippen molar-refractivity contribution < 1.29 is 23.5 Å². The van der Waals surface area contributed by atoms with Gasteiger partial charge in [0.1, 0.15) is 5.75 Å². The Bertz CT molecular complexity index is 914. The lowest BCUT2D eigenvalue weighted by atomic mass is 10.0. The molecule has 1 aromatic heterocycles. The van der Waals surface area contributed by atoms with E-state index in [9.17, 15) is 9.59 Å². The first kappa shape index (κ1) is 17.3. The summed E-state index contributed by atoms with van der Waals surface area (Å²) in [5.41, 5.74) is 2.27. The van der Waals surface area contributed by atoms with E-state index in [1.165, 1.54) is 6.92 Å². The summed E-state index contributed by atoms with van der Waals surface area (Å²) in [6.45, 7) is 2.94. The molecule has 0 saturated carbocycles.